The van der Waals surface area contributed by atoms with Crippen LogP contribution in [0, 0.1) is 0 Å². The molecular weight excluding hydrogens is 349 g/mol. The summed E-state index contributed by atoms with van der Waals surface area (Å²) >= 11 is 0.992. The number of nitrogens with zero attached hydrogens (tertiary/aromatic N) is 2. The fourth-order valence-corrected chi connectivity index (χ4v) is 2.93. The van der Waals surface area contributed by atoms with Crippen LogP contribution in [0.4, 0.5) is 0 Å². The molecule has 1 heterocycles. The molecule has 0 aromatic heterocycles. The molecule has 0 saturated carbocycles. The number of amidine groups is 1. The van der Waals surface area contributed by atoms with E-state index in [0.29, 0.717) is 17.9 Å². The molecule has 4 N–H and O–H groups in total. The topological polar surface area (TPSA) is 141 Å². The molecule has 0 radical (unpaired) electrons. The maximum absolute atomic E-state index is 11.6. The third kappa shape index (κ3) is 5.59. The predicted molar refractivity (Wildman–Crippen MR) is 94.2 cm³/mol. The molecule has 1 aliphatic heterocycles. The number of ether oxygens (including phenoxy) is 1. The summed E-state index contributed by atoms with van der Waals surface area (Å²) in [4.78, 5) is 22.3. The van der Waals surface area contributed by atoms with Gasteiger partial charge < -0.3 is 25.2 Å². The van der Waals surface area contributed by atoms with E-state index in [-0.39, 0.29) is 17.1 Å². The Morgan fingerprint density at radius 1 is 1.44 bits per heavy atom. The van der Waals surface area contributed by atoms with E-state index >= 15 is 0 Å². The maximum atomic E-state index is 11.6. The highest BCUT2D eigenvalue weighted by Crippen LogP contribution is 2.22. The van der Waals surface area contributed by atoms with Crippen molar-refractivity contribution < 1.29 is 29.5 Å². The van der Waals surface area contributed by atoms with E-state index in [9.17, 15) is 19.6 Å². The molecule has 0 aliphatic carbocycles. The Labute approximate surface area is 147 Å². The second kappa shape index (κ2) is 8.65. The average Bonchev–Trinajstić information content (AvgIpc) is 2.86. The molecule has 0 spiro atoms. The largest absolute Gasteiger partial charge is 0.494 e. The minimum Gasteiger partial charge on any atom is -0.494 e. The third-order valence-corrected chi connectivity index (χ3v) is 4.12. The normalized spacial score (nSPS) is 18.6. The number of amides is 1. The average molecular weight is 365 g/mol. The quantitative estimate of drug-likeness (QED) is 0.281. The van der Waals surface area contributed by atoms with Gasteiger partial charge in [-0.3, -0.25) is 9.59 Å². The summed E-state index contributed by atoms with van der Waals surface area (Å²) in [6.45, 7) is 2.22. The van der Waals surface area contributed by atoms with E-state index < -0.39 is 24.2 Å². The number of nitrogens with one attached hydrogen (secondary N) is 1. The van der Waals surface area contributed by atoms with Crippen molar-refractivity contribution in [2.75, 3.05) is 6.61 Å². The summed E-state index contributed by atoms with van der Waals surface area (Å²) in [5.74, 6) is -1.04. The van der Waals surface area contributed by atoms with Crippen LogP contribution in [0.5, 0.6) is 5.75 Å². The first-order valence-electron chi connectivity index (χ1n) is 7.33. The Kier molecular flexibility index (Phi) is 6.56. The van der Waals surface area contributed by atoms with Gasteiger partial charge in [0.1, 0.15) is 11.0 Å². The number of thioether (sulfide) groups is 1. The minimum absolute atomic E-state index is 0.205. The van der Waals surface area contributed by atoms with Gasteiger partial charge in [0.25, 0.3) is 0 Å². The zero-order valence-electron chi connectivity index (χ0n) is 13.2. The van der Waals surface area contributed by atoms with Gasteiger partial charge in [0.15, 0.2) is 5.17 Å². The van der Waals surface area contributed by atoms with E-state index in [4.69, 9.17) is 9.84 Å². The Morgan fingerprint density at radius 2 is 2.20 bits per heavy atom. The van der Waals surface area contributed by atoms with Crippen molar-refractivity contribution in [3.05, 3.63) is 23.8 Å². The Bertz CT molecular complexity index is 725. The minimum atomic E-state index is -1.65. The number of rotatable bonds is 7. The van der Waals surface area contributed by atoms with E-state index in [1.807, 2.05) is 0 Å². The molecule has 1 aliphatic rings. The molecule has 1 unspecified atom stereocenters. The summed E-state index contributed by atoms with van der Waals surface area (Å²) < 4.78 is 5.35. The van der Waals surface area contributed by atoms with Gasteiger partial charge in [-0.2, -0.15) is 5.10 Å². The highest BCUT2D eigenvalue weighted by molar-refractivity contribution is 8.15. The number of hydrogen-bond donors (Lipinski definition) is 4. The van der Waals surface area contributed by atoms with Gasteiger partial charge in [0.2, 0.25) is 5.91 Å². The van der Waals surface area contributed by atoms with Gasteiger partial charge in [-0.25, -0.2) is 0 Å². The Morgan fingerprint density at radius 3 is 2.84 bits per heavy atom. The fraction of sp³-hybridized carbons (Fsp3) is 0.286. The number of benzene rings is 1. The molecule has 0 bridgehead atoms. The second-order valence-corrected chi connectivity index (χ2v) is 6.18. The van der Waals surface area contributed by atoms with Gasteiger partial charge in [-0.1, -0.05) is 17.8 Å². The SMILES string of the molecule is CCOc1cc(C=NN=C2NC(=O)C(CC(=O)O)S2)cc(B(O)O)c1. The molecule has 1 amide bonds. The van der Waals surface area contributed by atoms with E-state index in [2.05, 4.69) is 15.5 Å². The predicted octanol–water partition coefficient (Wildman–Crippen LogP) is -0.839. The number of aliphatic carboxylic acids is 1. The first kappa shape index (κ1) is 19.0. The number of carbonyl (C=O) groups is 2. The molecule has 9 nitrogen and oxygen atoms in total. The van der Waals surface area contributed by atoms with Crippen LogP contribution < -0.4 is 15.5 Å². The molecule has 1 atom stereocenters. The van der Waals surface area contributed by atoms with E-state index in [1.165, 1.54) is 18.3 Å². The molecule has 2 rings (SSSR count). The Hall–Kier alpha value is -2.37. The highest BCUT2D eigenvalue weighted by atomic mass is 32.2. The Balaban J connectivity index is 2.11. The zero-order valence-corrected chi connectivity index (χ0v) is 14.1. The van der Waals surface area contributed by atoms with Crippen LogP contribution in [0.1, 0.15) is 18.9 Å². The van der Waals surface area contributed by atoms with Crippen molar-refractivity contribution in [1.29, 1.82) is 0 Å². The smallest absolute Gasteiger partial charge is 0.488 e. The van der Waals surface area contributed by atoms with E-state index in [0.717, 1.165) is 11.8 Å². The first-order valence-corrected chi connectivity index (χ1v) is 8.21. The molecular formula is C14H16BN3O6S. The lowest BCUT2D eigenvalue weighted by Gasteiger charge is -2.07. The highest BCUT2D eigenvalue weighted by Gasteiger charge is 2.32. The van der Waals surface area contributed by atoms with Gasteiger partial charge in [-0.15, -0.1) is 5.10 Å². The van der Waals surface area contributed by atoms with Gasteiger partial charge >= 0.3 is 13.1 Å². The molecule has 1 saturated heterocycles. The lowest BCUT2D eigenvalue weighted by atomic mass is 9.79. The van der Waals surface area contributed by atoms with Crippen molar-refractivity contribution in [1.82, 2.24) is 5.32 Å². The van der Waals surface area contributed by atoms with Crippen molar-refractivity contribution in [3.8, 4) is 5.75 Å². The molecule has 1 aromatic rings. The van der Waals surface area contributed by atoms with Crippen molar-refractivity contribution in [3.63, 3.8) is 0 Å². The number of hydrogen-bond acceptors (Lipinski definition) is 8. The second-order valence-electron chi connectivity index (χ2n) is 4.99. The van der Waals surface area contributed by atoms with Gasteiger partial charge in [0.05, 0.1) is 19.2 Å². The van der Waals surface area contributed by atoms with Crippen LogP contribution in [-0.2, 0) is 9.59 Å². The maximum Gasteiger partial charge on any atom is 0.488 e. The summed E-state index contributed by atoms with van der Waals surface area (Å²) in [6, 6.07) is 4.65. The first-order chi connectivity index (χ1) is 11.9. The van der Waals surface area contributed by atoms with Crippen LogP contribution in [-0.4, -0.2) is 57.4 Å². The zero-order chi connectivity index (χ0) is 18.4. The van der Waals surface area contributed by atoms with Crippen molar-refractivity contribution in [2.24, 2.45) is 10.2 Å². The van der Waals surface area contributed by atoms with Gasteiger partial charge in [-0.05, 0) is 30.1 Å². The molecule has 11 heteroatoms. The van der Waals surface area contributed by atoms with Crippen LogP contribution in [0.15, 0.2) is 28.4 Å². The van der Waals surface area contributed by atoms with Crippen molar-refractivity contribution in [2.45, 2.75) is 18.6 Å². The molecule has 25 heavy (non-hydrogen) atoms. The van der Waals surface area contributed by atoms with Gasteiger partial charge in [0, 0.05) is 0 Å². The number of carbonyl (C=O) groups excluding carboxylic acids is 1. The van der Waals surface area contributed by atoms with Crippen molar-refractivity contribution >= 4 is 47.6 Å². The van der Waals surface area contributed by atoms with Crippen LogP contribution in [0.3, 0.4) is 0 Å². The summed E-state index contributed by atoms with van der Waals surface area (Å²) in [5, 5.41) is 36.9. The third-order valence-electron chi connectivity index (χ3n) is 3.05. The standard InChI is InChI=1S/C14H16BN3O6S/c1-2-24-10-4-8(3-9(5-10)15(22)23)7-16-18-14-17-13(21)11(25-14)6-12(19)20/h3-5,7,11,22-23H,2,6H2,1H3,(H,19,20)(H,17,18,21). The summed E-state index contributed by atoms with van der Waals surface area (Å²) in [6.07, 6.45) is 1.06. The fourth-order valence-electron chi connectivity index (χ4n) is 2.01. The molecule has 1 fully saturated rings. The number of carboxylic acids is 1. The van der Waals surface area contributed by atoms with Crippen LogP contribution in [0.2, 0.25) is 0 Å². The lowest BCUT2D eigenvalue weighted by molar-refractivity contribution is -0.138. The van der Waals surface area contributed by atoms with E-state index in [1.54, 1.807) is 13.0 Å². The summed E-state index contributed by atoms with van der Waals surface area (Å²) in [7, 11) is -1.65. The van der Waals surface area contributed by atoms with Crippen LogP contribution in [0.25, 0.3) is 0 Å². The molecule has 132 valence electrons. The summed E-state index contributed by atoms with van der Waals surface area (Å²) in [5.41, 5.74) is 0.764. The molecule has 1 aromatic carbocycles. The number of carboxylic acid groups (broad SMARTS) is 1. The van der Waals surface area contributed by atoms with Crippen LogP contribution >= 0.6 is 11.8 Å². The monoisotopic (exact) mass is 365 g/mol. The lowest BCUT2D eigenvalue weighted by Crippen LogP contribution is -2.30.